The van der Waals surface area contributed by atoms with Crippen molar-refractivity contribution in [3.8, 4) is 0 Å². The van der Waals surface area contributed by atoms with Gasteiger partial charge in [-0.25, -0.2) is 0 Å². The van der Waals surface area contributed by atoms with Crippen molar-refractivity contribution in [3.05, 3.63) is 0 Å². The van der Waals surface area contributed by atoms with Crippen molar-refractivity contribution < 1.29 is 14.9 Å². The summed E-state index contributed by atoms with van der Waals surface area (Å²) in [6.07, 6.45) is 6.07. The fraction of sp³-hybridized carbons (Fsp3) is 0.929. The summed E-state index contributed by atoms with van der Waals surface area (Å²) in [5, 5.41) is 18.3. The zero-order chi connectivity index (χ0) is 15.2. The summed E-state index contributed by atoms with van der Waals surface area (Å²) in [4.78, 5) is 13.7. The van der Waals surface area contributed by atoms with Gasteiger partial charge in [-0.2, -0.15) is 0 Å². The number of rotatable bonds is 9. The van der Waals surface area contributed by atoms with Gasteiger partial charge in [-0.05, 0) is 64.6 Å². The molecular formula is C14H29BN2O3. The highest BCUT2D eigenvalue weighted by molar-refractivity contribution is 6.25. The van der Waals surface area contributed by atoms with Gasteiger partial charge in [0.2, 0.25) is 0 Å². The van der Waals surface area contributed by atoms with E-state index in [-0.39, 0.29) is 13.4 Å². The van der Waals surface area contributed by atoms with E-state index >= 15 is 0 Å². The first-order valence-electron chi connectivity index (χ1n) is 7.68. The quantitative estimate of drug-likeness (QED) is 0.428. The zero-order valence-corrected chi connectivity index (χ0v) is 12.8. The summed E-state index contributed by atoms with van der Waals surface area (Å²) in [6, 6.07) is 0. The average Bonchev–Trinajstić information content (AvgIpc) is 2.67. The Balaban J connectivity index is 2.51. The second kappa shape index (κ2) is 8.00. The fourth-order valence-electron chi connectivity index (χ4n) is 3.40. The van der Waals surface area contributed by atoms with Gasteiger partial charge < -0.3 is 20.8 Å². The molecule has 4 N–H and O–H groups in total. The summed E-state index contributed by atoms with van der Waals surface area (Å²) in [6.45, 7) is 1.04. The first kappa shape index (κ1) is 17.5. The van der Waals surface area contributed by atoms with Crippen LogP contribution in [-0.4, -0.2) is 54.7 Å². The molecule has 6 heteroatoms. The van der Waals surface area contributed by atoms with Crippen LogP contribution in [0.1, 0.15) is 38.5 Å². The lowest BCUT2D eigenvalue weighted by molar-refractivity contribution is -0.145. The number of carboxylic acid groups (broad SMARTS) is 1. The molecule has 0 radical (unpaired) electrons. The molecule has 0 aromatic rings. The maximum atomic E-state index is 11.5. The Labute approximate surface area is 122 Å². The number of hydrogen-bond donors (Lipinski definition) is 3. The molecule has 0 aliphatic heterocycles. The van der Waals surface area contributed by atoms with Crippen LogP contribution in [0.3, 0.4) is 0 Å². The van der Waals surface area contributed by atoms with Crippen molar-refractivity contribution in [2.24, 2.45) is 17.6 Å². The summed E-state index contributed by atoms with van der Waals surface area (Å²) in [5.41, 5.74) is 5.12. The molecule has 1 rings (SSSR count). The van der Waals surface area contributed by atoms with E-state index in [1.165, 1.54) is 0 Å². The molecule has 0 aromatic heterocycles. The average molecular weight is 284 g/mol. The van der Waals surface area contributed by atoms with Crippen molar-refractivity contribution in [2.45, 2.75) is 50.4 Å². The van der Waals surface area contributed by atoms with Crippen molar-refractivity contribution in [3.63, 3.8) is 0 Å². The molecule has 0 spiro atoms. The van der Waals surface area contributed by atoms with E-state index in [2.05, 4.69) is 19.0 Å². The summed E-state index contributed by atoms with van der Waals surface area (Å²) in [7, 11) is 4.28. The number of aliphatic carboxylic acids is 1. The Morgan fingerprint density at radius 1 is 1.40 bits per heavy atom. The van der Waals surface area contributed by atoms with Crippen LogP contribution < -0.4 is 5.73 Å². The number of hydrogen-bond acceptors (Lipinski definition) is 4. The molecule has 0 saturated heterocycles. The van der Waals surface area contributed by atoms with Gasteiger partial charge in [0, 0.05) is 0 Å². The largest absolute Gasteiger partial charge is 0.480 e. The van der Waals surface area contributed by atoms with E-state index in [1.54, 1.807) is 0 Å². The molecule has 20 heavy (non-hydrogen) atoms. The lowest BCUT2D eigenvalue weighted by Crippen LogP contribution is -2.51. The number of carboxylic acids is 1. The van der Waals surface area contributed by atoms with E-state index < -0.39 is 11.5 Å². The van der Waals surface area contributed by atoms with Crippen LogP contribution in [0, 0.1) is 11.8 Å². The van der Waals surface area contributed by atoms with Crippen LogP contribution in [0.25, 0.3) is 0 Å². The van der Waals surface area contributed by atoms with Crippen LogP contribution in [-0.2, 0) is 4.79 Å². The molecule has 1 fully saturated rings. The van der Waals surface area contributed by atoms with Gasteiger partial charge in [-0.1, -0.05) is 12.7 Å². The van der Waals surface area contributed by atoms with Gasteiger partial charge in [0.15, 0.2) is 0 Å². The van der Waals surface area contributed by atoms with Gasteiger partial charge in [-0.3, -0.25) is 4.79 Å². The highest BCUT2D eigenvalue weighted by Crippen LogP contribution is 2.43. The minimum absolute atomic E-state index is 0.0518. The first-order valence-corrected chi connectivity index (χ1v) is 7.68. The molecule has 5 nitrogen and oxygen atoms in total. The smallest absolute Gasteiger partial charge is 0.323 e. The highest BCUT2D eigenvalue weighted by atomic mass is 16.4. The monoisotopic (exact) mass is 284 g/mol. The van der Waals surface area contributed by atoms with E-state index in [1.807, 2.05) is 0 Å². The fourth-order valence-corrected chi connectivity index (χ4v) is 3.40. The lowest BCUT2D eigenvalue weighted by Gasteiger charge is -2.26. The minimum Gasteiger partial charge on any atom is -0.480 e. The summed E-state index contributed by atoms with van der Waals surface area (Å²) >= 11 is 0. The zero-order valence-electron chi connectivity index (χ0n) is 12.8. The maximum absolute atomic E-state index is 11.5. The predicted octanol–water partition coefficient (Wildman–Crippen LogP) is 0.679. The second-order valence-corrected chi connectivity index (χ2v) is 6.51. The van der Waals surface area contributed by atoms with E-state index in [9.17, 15) is 9.90 Å². The molecule has 0 amide bonds. The SMILES string of the molecule is CN(C)CCC[C@H]1CC(CCCBO)C(N)(C(=O)O)C1. The Hall–Kier alpha value is -0.585. The van der Waals surface area contributed by atoms with Crippen LogP contribution in [0.4, 0.5) is 0 Å². The predicted molar refractivity (Wildman–Crippen MR) is 82.0 cm³/mol. The molecule has 3 atom stereocenters. The molecule has 0 heterocycles. The first-order chi connectivity index (χ1) is 9.40. The van der Waals surface area contributed by atoms with Crippen LogP contribution in [0.15, 0.2) is 0 Å². The number of nitrogens with two attached hydrogens (primary N) is 1. The highest BCUT2D eigenvalue weighted by Gasteiger charge is 2.49. The molecule has 1 saturated carbocycles. The molecular weight excluding hydrogens is 255 g/mol. The standard InChI is InChI=1S/C14H29BN2O3/c1-17(2)8-4-5-11-9-12(6-3-7-15-20)14(16,10-11)13(18)19/h11-12,15,20H,3-10,16H2,1-2H3,(H,18,19)/t11-,12?,14?/m0/s1. The molecule has 1 aliphatic carbocycles. The third-order valence-electron chi connectivity index (χ3n) is 4.55. The Bertz CT molecular complexity index is 315. The summed E-state index contributed by atoms with van der Waals surface area (Å²) in [5.74, 6) is -0.382. The molecule has 116 valence electrons. The molecule has 1 aliphatic rings. The van der Waals surface area contributed by atoms with Crippen molar-refractivity contribution in [1.82, 2.24) is 4.90 Å². The Kier molecular flexibility index (Phi) is 6.99. The molecule has 0 aromatic carbocycles. The van der Waals surface area contributed by atoms with E-state index in [0.717, 1.165) is 45.0 Å². The van der Waals surface area contributed by atoms with Crippen LogP contribution in [0.2, 0.25) is 6.32 Å². The Morgan fingerprint density at radius 3 is 2.65 bits per heavy atom. The Morgan fingerprint density at radius 2 is 2.10 bits per heavy atom. The van der Waals surface area contributed by atoms with Gasteiger partial charge in [0.05, 0.1) is 0 Å². The summed E-state index contributed by atoms with van der Waals surface area (Å²) < 4.78 is 0. The molecule has 0 bridgehead atoms. The van der Waals surface area contributed by atoms with Crippen LogP contribution >= 0.6 is 0 Å². The van der Waals surface area contributed by atoms with Gasteiger partial charge in [-0.15, -0.1) is 0 Å². The van der Waals surface area contributed by atoms with Crippen molar-refractivity contribution in [1.29, 1.82) is 0 Å². The maximum Gasteiger partial charge on any atom is 0.323 e. The number of carbonyl (C=O) groups is 1. The van der Waals surface area contributed by atoms with Crippen molar-refractivity contribution in [2.75, 3.05) is 20.6 Å². The normalized spacial score (nSPS) is 29.9. The van der Waals surface area contributed by atoms with Gasteiger partial charge >= 0.3 is 5.97 Å². The topological polar surface area (TPSA) is 86.8 Å². The van der Waals surface area contributed by atoms with Crippen LogP contribution in [0.5, 0.6) is 0 Å². The van der Waals surface area contributed by atoms with Gasteiger partial charge in [0.1, 0.15) is 5.54 Å². The number of nitrogens with zero attached hydrogens (tertiary/aromatic N) is 1. The van der Waals surface area contributed by atoms with E-state index in [0.29, 0.717) is 12.3 Å². The van der Waals surface area contributed by atoms with Crippen molar-refractivity contribution >= 4 is 13.5 Å². The minimum atomic E-state index is -1.06. The van der Waals surface area contributed by atoms with Gasteiger partial charge in [0.25, 0.3) is 7.48 Å². The third kappa shape index (κ3) is 4.75. The lowest BCUT2D eigenvalue weighted by atomic mass is 9.82. The third-order valence-corrected chi connectivity index (χ3v) is 4.55. The molecule has 2 unspecified atom stereocenters. The van der Waals surface area contributed by atoms with E-state index in [4.69, 9.17) is 10.8 Å². The second-order valence-electron chi connectivity index (χ2n) is 6.51.